The van der Waals surface area contributed by atoms with Crippen LogP contribution in [0, 0.1) is 5.92 Å². The van der Waals surface area contributed by atoms with Crippen LogP contribution in [0.1, 0.15) is 30.9 Å². The molecule has 218 valence electrons. The topological polar surface area (TPSA) is 127 Å². The standard InChI is InChI=1S/C23H26F6N8O3/c1-13(33-16-11-32-34-18(38)17(16)23(27,28)29)12-37-4-2-3-15(20(37)40)19(39)35-5-7-36(8-6-35)21-30-9-14(10-31-21)22(24,25)26/h9-11,13,15H,2-8,12H2,1H3,(H2,33,34,38)/t13-,15?/m0/s1. The lowest BCUT2D eigenvalue weighted by Gasteiger charge is -2.39. The Bertz CT molecular complexity index is 1280. The molecule has 2 N–H and O–H groups in total. The number of anilines is 2. The average molecular weight is 577 g/mol. The molecule has 2 fully saturated rings. The smallest absolute Gasteiger partial charge is 0.379 e. The number of nitrogens with one attached hydrogen (secondary N) is 2. The van der Waals surface area contributed by atoms with Crippen molar-refractivity contribution in [3.05, 3.63) is 40.1 Å². The van der Waals surface area contributed by atoms with Gasteiger partial charge in [0, 0.05) is 57.7 Å². The molecule has 4 heterocycles. The maximum absolute atomic E-state index is 13.3. The number of piperazine rings is 1. The van der Waals surface area contributed by atoms with Gasteiger partial charge in [-0.25, -0.2) is 15.1 Å². The number of H-pyrrole nitrogens is 1. The van der Waals surface area contributed by atoms with Gasteiger partial charge in [0.05, 0.1) is 17.4 Å². The predicted octanol–water partition coefficient (Wildman–Crippen LogP) is 1.99. The van der Waals surface area contributed by atoms with E-state index in [4.69, 9.17) is 0 Å². The number of amides is 2. The van der Waals surface area contributed by atoms with Gasteiger partial charge in [0.25, 0.3) is 5.56 Å². The van der Waals surface area contributed by atoms with Crippen molar-refractivity contribution >= 4 is 23.5 Å². The second-order valence-corrected chi connectivity index (χ2v) is 9.59. The first-order chi connectivity index (χ1) is 18.8. The first-order valence-corrected chi connectivity index (χ1v) is 12.4. The maximum atomic E-state index is 13.3. The van der Waals surface area contributed by atoms with E-state index in [1.54, 1.807) is 16.9 Å². The Kier molecular flexibility index (Phi) is 8.20. The number of nitrogens with zero attached hydrogens (tertiary/aromatic N) is 6. The first kappa shape index (κ1) is 29.1. The number of alkyl halides is 6. The average Bonchev–Trinajstić information content (AvgIpc) is 2.88. The molecule has 4 rings (SSSR count). The van der Waals surface area contributed by atoms with E-state index < -0.39 is 52.6 Å². The second-order valence-electron chi connectivity index (χ2n) is 9.59. The fourth-order valence-electron chi connectivity index (χ4n) is 4.76. The monoisotopic (exact) mass is 576 g/mol. The predicted molar refractivity (Wildman–Crippen MR) is 128 cm³/mol. The number of piperidine rings is 1. The van der Waals surface area contributed by atoms with Crippen molar-refractivity contribution in [3.63, 3.8) is 0 Å². The number of hydrogen-bond acceptors (Lipinski definition) is 8. The molecule has 2 amide bonds. The van der Waals surface area contributed by atoms with Gasteiger partial charge in [0.15, 0.2) is 0 Å². The third-order valence-electron chi connectivity index (χ3n) is 6.70. The van der Waals surface area contributed by atoms with Crippen molar-refractivity contribution in [2.45, 2.75) is 38.2 Å². The third kappa shape index (κ3) is 6.44. The van der Waals surface area contributed by atoms with Gasteiger partial charge in [-0.15, -0.1) is 0 Å². The summed E-state index contributed by atoms with van der Waals surface area (Å²) in [6.07, 6.45) is -6.41. The van der Waals surface area contributed by atoms with E-state index in [9.17, 15) is 40.7 Å². The van der Waals surface area contributed by atoms with E-state index in [0.717, 1.165) is 6.20 Å². The zero-order valence-electron chi connectivity index (χ0n) is 21.2. The molecule has 0 radical (unpaired) electrons. The summed E-state index contributed by atoms with van der Waals surface area (Å²) in [5.41, 5.74) is -4.30. The summed E-state index contributed by atoms with van der Waals surface area (Å²) in [5.74, 6) is -1.69. The molecule has 2 aliphatic heterocycles. The van der Waals surface area contributed by atoms with Crippen LogP contribution in [0.25, 0.3) is 0 Å². The highest BCUT2D eigenvalue weighted by Gasteiger charge is 2.40. The molecule has 2 atom stereocenters. The van der Waals surface area contributed by atoms with Crippen molar-refractivity contribution in [2.75, 3.05) is 49.5 Å². The van der Waals surface area contributed by atoms with Crippen LogP contribution < -0.4 is 15.8 Å². The number of likely N-dealkylation sites (tertiary alicyclic amines) is 1. The molecule has 2 saturated heterocycles. The van der Waals surface area contributed by atoms with Crippen molar-refractivity contribution in [1.82, 2.24) is 30.0 Å². The highest BCUT2D eigenvalue weighted by Crippen LogP contribution is 2.32. The summed E-state index contributed by atoms with van der Waals surface area (Å²) in [4.78, 5) is 50.1. The third-order valence-corrected chi connectivity index (χ3v) is 6.70. The van der Waals surface area contributed by atoms with E-state index >= 15 is 0 Å². The van der Waals surface area contributed by atoms with E-state index in [-0.39, 0.29) is 44.6 Å². The lowest BCUT2D eigenvalue weighted by molar-refractivity contribution is -0.150. The molecule has 0 aromatic carbocycles. The van der Waals surface area contributed by atoms with Gasteiger partial charge in [0.1, 0.15) is 11.5 Å². The molecule has 2 aromatic rings. The van der Waals surface area contributed by atoms with Crippen LogP contribution in [-0.2, 0) is 21.9 Å². The quantitative estimate of drug-likeness (QED) is 0.395. The number of carbonyl (C=O) groups is 2. The van der Waals surface area contributed by atoms with Crippen molar-refractivity contribution < 1.29 is 35.9 Å². The molecule has 0 saturated carbocycles. The highest BCUT2D eigenvalue weighted by atomic mass is 19.4. The van der Waals surface area contributed by atoms with E-state index in [2.05, 4.69) is 20.4 Å². The summed E-state index contributed by atoms with van der Waals surface area (Å²) in [5, 5.41) is 7.76. The Labute approximate surface area is 223 Å². The molecular weight excluding hydrogens is 550 g/mol. The van der Waals surface area contributed by atoms with Crippen LogP contribution in [0.4, 0.5) is 38.0 Å². The number of hydrogen-bond donors (Lipinski definition) is 2. The van der Waals surface area contributed by atoms with Gasteiger partial charge < -0.3 is 20.0 Å². The van der Waals surface area contributed by atoms with E-state index in [0.29, 0.717) is 31.8 Å². The Morgan fingerprint density at radius 3 is 2.27 bits per heavy atom. The van der Waals surface area contributed by atoms with Gasteiger partial charge in [-0.2, -0.15) is 31.4 Å². The van der Waals surface area contributed by atoms with Crippen molar-refractivity contribution in [1.29, 1.82) is 0 Å². The molecule has 0 aliphatic carbocycles. The fraction of sp³-hybridized carbons (Fsp3) is 0.565. The summed E-state index contributed by atoms with van der Waals surface area (Å²) in [6.45, 7) is 2.78. The Hall–Kier alpha value is -3.92. The summed E-state index contributed by atoms with van der Waals surface area (Å²) in [6, 6.07) is -0.699. The number of aromatic nitrogens is 4. The summed E-state index contributed by atoms with van der Waals surface area (Å²) >= 11 is 0. The van der Waals surface area contributed by atoms with Crippen molar-refractivity contribution in [2.24, 2.45) is 5.92 Å². The number of aromatic amines is 1. The molecule has 1 unspecified atom stereocenters. The number of carbonyl (C=O) groups excluding carboxylic acids is 2. The van der Waals surface area contributed by atoms with Crippen LogP contribution in [-0.4, -0.2) is 87.1 Å². The lowest BCUT2D eigenvalue weighted by atomic mass is 9.94. The van der Waals surface area contributed by atoms with Crippen LogP contribution in [0.2, 0.25) is 0 Å². The SMILES string of the molecule is C[C@@H](CN1CCCC(C(=O)N2CCN(c3ncc(C(F)(F)F)cn3)CC2)C1=O)Nc1cn[nH]c(=O)c1C(F)(F)F. The molecule has 0 bridgehead atoms. The van der Waals surface area contributed by atoms with Gasteiger partial charge in [-0.1, -0.05) is 0 Å². The van der Waals surface area contributed by atoms with Crippen LogP contribution in [0.15, 0.2) is 23.4 Å². The van der Waals surface area contributed by atoms with Gasteiger partial charge in [0.2, 0.25) is 17.8 Å². The molecule has 2 aromatic heterocycles. The normalized spacial score (nSPS) is 19.5. The Morgan fingerprint density at radius 2 is 1.68 bits per heavy atom. The van der Waals surface area contributed by atoms with Gasteiger partial charge in [-0.3, -0.25) is 14.4 Å². The van der Waals surface area contributed by atoms with Crippen LogP contribution in [0.5, 0.6) is 0 Å². The summed E-state index contributed by atoms with van der Waals surface area (Å²) in [7, 11) is 0. The van der Waals surface area contributed by atoms with Crippen LogP contribution >= 0.6 is 0 Å². The lowest BCUT2D eigenvalue weighted by Crippen LogP contribution is -2.55. The largest absolute Gasteiger partial charge is 0.423 e. The molecule has 11 nitrogen and oxygen atoms in total. The zero-order chi connectivity index (χ0) is 29.2. The van der Waals surface area contributed by atoms with Crippen LogP contribution in [0.3, 0.4) is 0 Å². The zero-order valence-corrected chi connectivity index (χ0v) is 21.2. The second kappa shape index (κ2) is 11.3. The minimum absolute atomic E-state index is 0.00819. The van der Waals surface area contributed by atoms with Crippen molar-refractivity contribution in [3.8, 4) is 0 Å². The Balaban J connectivity index is 1.34. The Morgan fingerprint density at radius 1 is 1.02 bits per heavy atom. The first-order valence-electron chi connectivity index (χ1n) is 12.4. The number of halogens is 6. The number of rotatable bonds is 6. The van der Waals surface area contributed by atoms with Gasteiger partial charge >= 0.3 is 12.4 Å². The molecule has 2 aliphatic rings. The van der Waals surface area contributed by atoms with E-state index in [1.807, 2.05) is 0 Å². The molecular formula is C23H26F6N8O3. The minimum atomic E-state index is -4.92. The molecule has 17 heteroatoms. The fourth-order valence-corrected chi connectivity index (χ4v) is 4.76. The molecule has 40 heavy (non-hydrogen) atoms. The minimum Gasteiger partial charge on any atom is -0.379 e. The maximum Gasteiger partial charge on any atom is 0.423 e. The summed E-state index contributed by atoms with van der Waals surface area (Å²) < 4.78 is 78.2. The van der Waals surface area contributed by atoms with Gasteiger partial charge in [-0.05, 0) is 19.8 Å². The molecule has 0 spiro atoms. The van der Waals surface area contributed by atoms with E-state index in [1.165, 1.54) is 9.80 Å². The highest BCUT2D eigenvalue weighted by molar-refractivity contribution is 6.00.